The van der Waals surface area contributed by atoms with E-state index in [0.717, 1.165) is 16.5 Å². The molecule has 1 aromatic carbocycles. The lowest BCUT2D eigenvalue weighted by molar-refractivity contribution is -0.155. The molecule has 0 saturated heterocycles. The highest BCUT2D eigenvalue weighted by Gasteiger charge is 2.17. The molecule has 0 unspecified atom stereocenters. The number of carbonyl (C=O) groups excluding carboxylic acids is 1. The Morgan fingerprint density at radius 3 is 2.71 bits per heavy atom. The van der Waals surface area contributed by atoms with Gasteiger partial charge in [-0.25, -0.2) is 0 Å². The fourth-order valence-electron chi connectivity index (χ4n) is 2.23. The molecule has 21 heavy (non-hydrogen) atoms. The third-order valence-electron chi connectivity index (χ3n) is 2.94. The zero-order chi connectivity index (χ0) is 15.5. The molecule has 1 heterocycles. The summed E-state index contributed by atoms with van der Waals surface area (Å²) < 4.78 is 7.32. The largest absolute Gasteiger partial charge is 0.459 e. The summed E-state index contributed by atoms with van der Waals surface area (Å²) in [5.74, 6) is 0.457. The highest BCUT2D eigenvalue weighted by atomic mass is 32.1. The van der Waals surface area contributed by atoms with Gasteiger partial charge in [0.1, 0.15) is 12.1 Å². The predicted octanol–water partition coefficient (Wildman–Crippen LogP) is 3.93. The highest BCUT2D eigenvalue weighted by Crippen LogP contribution is 2.23. The van der Waals surface area contributed by atoms with Crippen molar-refractivity contribution in [3.8, 4) is 0 Å². The zero-order valence-electron chi connectivity index (χ0n) is 12.7. The zero-order valence-corrected chi connectivity index (χ0v) is 13.6. The normalized spacial score (nSPS) is 12.2. The molecule has 0 aliphatic heterocycles. The van der Waals surface area contributed by atoms with Gasteiger partial charge in [0.15, 0.2) is 0 Å². The van der Waals surface area contributed by atoms with Gasteiger partial charge in [-0.2, -0.15) is 12.6 Å². The van der Waals surface area contributed by atoms with Crippen LogP contribution in [0.2, 0.25) is 0 Å². The van der Waals surface area contributed by atoms with Crippen molar-refractivity contribution in [3.63, 3.8) is 0 Å². The second kappa shape index (κ2) is 6.39. The Hall–Kier alpha value is -1.68. The van der Waals surface area contributed by atoms with E-state index in [1.54, 1.807) is 0 Å². The minimum atomic E-state index is -0.463. The summed E-state index contributed by atoms with van der Waals surface area (Å²) in [6.45, 7) is 5.84. The number of rotatable bonds is 4. The minimum Gasteiger partial charge on any atom is -0.459 e. The molecule has 2 rings (SSSR count). The lowest BCUT2D eigenvalue weighted by atomic mass is 10.2. The monoisotopic (exact) mass is 303 g/mol. The maximum atomic E-state index is 12.0. The molecule has 4 heteroatoms. The van der Waals surface area contributed by atoms with Crippen molar-refractivity contribution in [1.82, 2.24) is 4.57 Å². The van der Waals surface area contributed by atoms with Crippen molar-refractivity contribution < 1.29 is 9.53 Å². The van der Waals surface area contributed by atoms with Crippen LogP contribution >= 0.6 is 12.6 Å². The van der Waals surface area contributed by atoms with E-state index < -0.39 is 5.60 Å². The summed E-state index contributed by atoms with van der Waals surface area (Å²) in [7, 11) is 0. The number of benzene rings is 1. The Kier molecular flexibility index (Phi) is 4.78. The smallest absolute Gasteiger partial charge is 0.326 e. The fraction of sp³-hybridized carbons (Fsp3) is 0.353. The van der Waals surface area contributed by atoms with Gasteiger partial charge in [0.25, 0.3) is 0 Å². The van der Waals surface area contributed by atoms with Crippen LogP contribution in [0, 0.1) is 0 Å². The Morgan fingerprint density at radius 1 is 1.33 bits per heavy atom. The number of thiol groups is 1. The third kappa shape index (κ3) is 4.14. The van der Waals surface area contributed by atoms with Crippen LogP contribution in [0.1, 0.15) is 26.3 Å². The maximum Gasteiger partial charge on any atom is 0.326 e. The first kappa shape index (κ1) is 15.7. The first-order valence-electron chi connectivity index (χ1n) is 6.98. The van der Waals surface area contributed by atoms with Crippen LogP contribution in [0.25, 0.3) is 17.0 Å². The molecule has 0 bridgehead atoms. The molecular formula is C17H21NO2S. The van der Waals surface area contributed by atoms with Crippen LogP contribution in [0.15, 0.2) is 36.5 Å². The standard InChI is InChI=1S/C17H21NO2S/c1-17(2,3)20-16(19)12-18-11-13(7-6-10-21)14-8-4-5-9-15(14)18/h4-9,11,21H,10,12H2,1-3H3. The van der Waals surface area contributed by atoms with Crippen molar-refractivity contribution in [2.24, 2.45) is 0 Å². The van der Waals surface area contributed by atoms with Gasteiger partial charge in [0, 0.05) is 22.9 Å². The molecule has 1 aromatic heterocycles. The summed E-state index contributed by atoms with van der Waals surface area (Å²) >= 11 is 4.19. The van der Waals surface area contributed by atoms with Crippen LogP contribution in [-0.4, -0.2) is 21.9 Å². The second-order valence-electron chi connectivity index (χ2n) is 5.90. The summed E-state index contributed by atoms with van der Waals surface area (Å²) in [4.78, 5) is 12.0. The third-order valence-corrected chi connectivity index (χ3v) is 3.15. The first-order chi connectivity index (χ1) is 9.90. The second-order valence-corrected chi connectivity index (χ2v) is 6.27. The maximum absolute atomic E-state index is 12.0. The van der Waals surface area contributed by atoms with Crippen molar-refractivity contribution in [2.75, 3.05) is 5.75 Å². The fourth-order valence-corrected chi connectivity index (χ4v) is 2.34. The van der Waals surface area contributed by atoms with Crippen molar-refractivity contribution in [1.29, 1.82) is 0 Å². The quantitative estimate of drug-likeness (QED) is 0.685. The molecule has 112 valence electrons. The van der Waals surface area contributed by atoms with Crippen LogP contribution in [0.4, 0.5) is 0 Å². The SMILES string of the molecule is CC(C)(C)OC(=O)Cn1cc(C=CCS)c2ccccc21. The van der Waals surface area contributed by atoms with Gasteiger partial charge < -0.3 is 9.30 Å². The lowest BCUT2D eigenvalue weighted by Gasteiger charge is -2.19. The number of fused-ring (bicyclic) bond motifs is 1. The van der Waals surface area contributed by atoms with Gasteiger partial charge >= 0.3 is 5.97 Å². The van der Waals surface area contributed by atoms with E-state index in [-0.39, 0.29) is 12.5 Å². The van der Waals surface area contributed by atoms with Crippen LogP contribution in [-0.2, 0) is 16.1 Å². The van der Waals surface area contributed by atoms with E-state index >= 15 is 0 Å². The van der Waals surface area contributed by atoms with Crippen molar-refractivity contribution in [2.45, 2.75) is 32.9 Å². The van der Waals surface area contributed by atoms with E-state index in [0.29, 0.717) is 5.75 Å². The molecule has 0 saturated carbocycles. The molecule has 3 nitrogen and oxygen atoms in total. The van der Waals surface area contributed by atoms with Gasteiger partial charge in [0.05, 0.1) is 0 Å². The molecular weight excluding hydrogens is 282 g/mol. The Morgan fingerprint density at radius 2 is 2.05 bits per heavy atom. The number of nitrogens with zero attached hydrogens (tertiary/aromatic N) is 1. The number of para-hydroxylation sites is 1. The van der Waals surface area contributed by atoms with Crippen molar-refractivity contribution >= 4 is 35.6 Å². The molecule has 0 spiro atoms. The molecule has 0 aliphatic rings. The van der Waals surface area contributed by atoms with E-state index in [1.807, 2.05) is 61.9 Å². The van der Waals surface area contributed by atoms with E-state index in [4.69, 9.17) is 4.74 Å². The molecule has 0 N–H and O–H groups in total. The summed E-state index contributed by atoms with van der Waals surface area (Å²) in [5.41, 5.74) is 1.65. The summed E-state index contributed by atoms with van der Waals surface area (Å²) in [5, 5.41) is 1.12. The van der Waals surface area contributed by atoms with E-state index in [1.165, 1.54) is 0 Å². The van der Waals surface area contributed by atoms with Gasteiger partial charge in [-0.3, -0.25) is 4.79 Å². The Balaban J connectivity index is 2.32. The average molecular weight is 303 g/mol. The molecule has 0 fully saturated rings. The summed E-state index contributed by atoms with van der Waals surface area (Å²) in [6.07, 6.45) is 6.00. The number of carbonyl (C=O) groups is 1. The number of aromatic nitrogens is 1. The first-order valence-corrected chi connectivity index (χ1v) is 7.61. The van der Waals surface area contributed by atoms with Gasteiger partial charge in [0.2, 0.25) is 0 Å². The molecule has 0 atom stereocenters. The molecule has 2 aromatic rings. The Bertz CT molecular complexity index is 665. The number of ether oxygens (including phenoxy) is 1. The van der Waals surface area contributed by atoms with E-state index in [9.17, 15) is 4.79 Å². The Labute approximate surface area is 131 Å². The average Bonchev–Trinajstić information content (AvgIpc) is 2.73. The minimum absolute atomic E-state index is 0.215. The highest BCUT2D eigenvalue weighted by molar-refractivity contribution is 7.80. The summed E-state index contributed by atoms with van der Waals surface area (Å²) in [6, 6.07) is 8.04. The predicted molar refractivity (Wildman–Crippen MR) is 90.7 cm³/mol. The number of hydrogen-bond donors (Lipinski definition) is 1. The van der Waals surface area contributed by atoms with Gasteiger partial charge in [-0.1, -0.05) is 30.4 Å². The lowest BCUT2D eigenvalue weighted by Crippen LogP contribution is -2.26. The molecule has 0 aliphatic carbocycles. The number of hydrogen-bond acceptors (Lipinski definition) is 3. The number of esters is 1. The van der Waals surface area contributed by atoms with Gasteiger partial charge in [-0.15, -0.1) is 0 Å². The van der Waals surface area contributed by atoms with Crippen molar-refractivity contribution in [3.05, 3.63) is 42.1 Å². The van der Waals surface area contributed by atoms with Gasteiger partial charge in [-0.05, 0) is 32.4 Å². The van der Waals surface area contributed by atoms with Crippen LogP contribution < -0.4 is 0 Å². The van der Waals surface area contributed by atoms with E-state index in [2.05, 4.69) is 18.7 Å². The van der Waals surface area contributed by atoms with Crippen LogP contribution in [0.3, 0.4) is 0 Å². The molecule has 0 amide bonds. The topological polar surface area (TPSA) is 31.2 Å². The van der Waals surface area contributed by atoms with Crippen LogP contribution in [0.5, 0.6) is 0 Å². The molecule has 0 radical (unpaired) electrons.